The summed E-state index contributed by atoms with van der Waals surface area (Å²) in [7, 11) is 0. The average Bonchev–Trinajstić information content (AvgIpc) is 3.57. The lowest BCUT2D eigenvalue weighted by Crippen LogP contribution is -2.15. The summed E-state index contributed by atoms with van der Waals surface area (Å²) in [6.07, 6.45) is 0. The Balaban J connectivity index is 1.27. The molecule has 46 heavy (non-hydrogen) atoms. The summed E-state index contributed by atoms with van der Waals surface area (Å²) in [5, 5.41) is 7.59. The lowest BCUT2D eigenvalue weighted by atomic mass is 9.82. The Morgan fingerprint density at radius 1 is 0.457 bits per heavy atom. The minimum absolute atomic E-state index is 0.0933. The van der Waals surface area contributed by atoms with Crippen LogP contribution in [-0.4, -0.2) is 14.5 Å². The number of hydrogen-bond donors (Lipinski definition) is 0. The van der Waals surface area contributed by atoms with E-state index in [9.17, 15) is 0 Å². The summed E-state index contributed by atoms with van der Waals surface area (Å²) in [6.45, 7) is 4.66. The Labute approximate surface area is 266 Å². The molecule has 0 fully saturated rings. The topological polar surface area (TPSA) is 30.7 Å². The third kappa shape index (κ3) is 3.37. The van der Waals surface area contributed by atoms with E-state index in [1.165, 1.54) is 54.6 Å². The standard InChI is InChI=1S/C43H29N3/c1-43(2)34-19-9-8-16-30(34)31-23-22-27(24-35(31)43)37-25-36(26-12-4-3-5-13-26)44-42(45-37)46-38-20-10-17-32-28-14-6-7-15-29(28)33-18-11-21-39(46)41(33)40(32)38/h3-25H,1-2H3. The fraction of sp³-hybridized carbons (Fsp3) is 0.0698. The van der Waals surface area contributed by atoms with Gasteiger partial charge in [0, 0.05) is 27.3 Å². The molecule has 1 aliphatic carbocycles. The molecule has 3 heteroatoms. The van der Waals surface area contributed by atoms with Crippen LogP contribution in [-0.2, 0) is 5.41 Å². The van der Waals surface area contributed by atoms with Crippen LogP contribution >= 0.6 is 0 Å². The molecule has 0 bridgehead atoms. The maximum absolute atomic E-state index is 5.38. The van der Waals surface area contributed by atoms with E-state index >= 15 is 0 Å². The van der Waals surface area contributed by atoms with Crippen molar-refractivity contribution >= 4 is 43.4 Å². The van der Waals surface area contributed by atoms with Crippen molar-refractivity contribution in [3.63, 3.8) is 0 Å². The third-order valence-corrected chi connectivity index (χ3v) is 10.2. The monoisotopic (exact) mass is 587 g/mol. The fourth-order valence-corrected chi connectivity index (χ4v) is 8.03. The summed E-state index contributed by atoms with van der Waals surface area (Å²) < 4.78 is 2.27. The van der Waals surface area contributed by atoms with Gasteiger partial charge < -0.3 is 0 Å². The van der Waals surface area contributed by atoms with E-state index in [4.69, 9.17) is 9.97 Å². The van der Waals surface area contributed by atoms with Gasteiger partial charge in [-0.2, -0.15) is 0 Å². The van der Waals surface area contributed by atoms with Crippen LogP contribution < -0.4 is 0 Å². The van der Waals surface area contributed by atoms with Gasteiger partial charge in [0.05, 0.1) is 22.4 Å². The molecule has 9 aromatic rings. The third-order valence-electron chi connectivity index (χ3n) is 10.2. The summed E-state index contributed by atoms with van der Waals surface area (Å²) in [4.78, 5) is 10.7. The van der Waals surface area contributed by atoms with Gasteiger partial charge in [0.15, 0.2) is 0 Å². The minimum Gasteiger partial charge on any atom is -0.278 e. The zero-order chi connectivity index (χ0) is 30.6. The number of fused-ring (bicyclic) bond motifs is 6. The lowest BCUT2D eigenvalue weighted by molar-refractivity contribution is 0.660. The van der Waals surface area contributed by atoms with Gasteiger partial charge in [0.25, 0.3) is 0 Å². The van der Waals surface area contributed by atoms with Crippen molar-refractivity contribution in [2.75, 3.05) is 0 Å². The van der Waals surface area contributed by atoms with Crippen LogP contribution in [0.15, 0.2) is 140 Å². The number of rotatable bonds is 3. The molecular formula is C43H29N3. The Bertz CT molecular complexity index is 2570. The predicted octanol–water partition coefficient (Wildman–Crippen LogP) is 11.0. The Morgan fingerprint density at radius 2 is 1.02 bits per heavy atom. The van der Waals surface area contributed by atoms with Crippen molar-refractivity contribution in [2.45, 2.75) is 19.3 Å². The first kappa shape index (κ1) is 25.5. The molecule has 0 aliphatic heterocycles. The van der Waals surface area contributed by atoms with Gasteiger partial charge in [0.2, 0.25) is 5.95 Å². The highest BCUT2D eigenvalue weighted by atomic mass is 15.2. The van der Waals surface area contributed by atoms with Gasteiger partial charge in [-0.1, -0.05) is 129 Å². The lowest BCUT2D eigenvalue weighted by Gasteiger charge is -2.22. The molecule has 0 spiro atoms. The van der Waals surface area contributed by atoms with Crippen molar-refractivity contribution in [1.82, 2.24) is 14.5 Å². The number of benzene rings is 7. The molecule has 0 amide bonds. The van der Waals surface area contributed by atoms with Crippen LogP contribution in [0.4, 0.5) is 0 Å². The largest absolute Gasteiger partial charge is 0.278 e. The van der Waals surface area contributed by atoms with Gasteiger partial charge in [-0.25, -0.2) is 9.97 Å². The first-order chi connectivity index (χ1) is 22.6. The summed E-state index contributed by atoms with van der Waals surface area (Å²) in [6, 6.07) is 50.2. The zero-order valence-corrected chi connectivity index (χ0v) is 25.6. The van der Waals surface area contributed by atoms with Crippen molar-refractivity contribution in [2.24, 2.45) is 0 Å². The zero-order valence-electron chi connectivity index (χ0n) is 25.6. The van der Waals surface area contributed by atoms with Crippen LogP contribution in [0.1, 0.15) is 25.0 Å². The summed E-state index contributed by atoms with van der Waals surface area (Å²) in [5.74, 6) is 0.680. The second-order valence-corrected chi connectivity index (χ2v) is 13.0. The van der Waals surface area contributed by atoms with Gasteiger partial charge in [0.1, 0.15) is 0 Å². The normalized spacial score (nSPS) is 13.6. The van der Waals surface area contributed by atoms with Gasteiger partial charge in [-0.05, 0) is 68.1 Å². The molecule has 1 aliphatic rings. The first-order valence-electron chi connectivity index (χ1n) is 15.9. The smallest absolute Gasteiger partial charge is 0.235 e. The first-order valence-corrected chi connectivity index (χ1v) is 15.9. The highest BCUT2D eigenvalue weighted by molar-refractivity contribution is 6.34. The second-order valence-electron chi connectivity index (χ2n) is 13.0. The molecule has 0 N–H and O–H groups in total. The number of nitrogens with zero attached hydrogens (tertiary/aromatic N) is 3. The van der Waals surface area contributed by atoms with Crippen molar-refractivity contribution < 1.29 is 0 Å². The molecular weight excluding hydrogens is 558 g/mol. The Morgan fingerprint density at radius 3 is 1.72 bits per heavy atom. The number of hydrogen-bond acceptors (Lipinski definition) is 2. The maximum Gasteiger partial charge on any atom is 0.235 e. The molecule has 0 atom stereocenters. The van der Waals surface area contributed by atoms with Crippen LogP contribution in [0.3, 0.4) is 0 Å². The predicted molar refractivity (Wildman–Crippen MR) is 191 cm³/mol. The molecule has 10 rings (SSSR count). The molecule has 0 saturated heterocycles. The maximum atomic E-state index is 5.38. The van der Waals surface area contributed by atoms with E-state index in [0.29, 0.717) is 5.95 Å². The van der Waals surface area contributed by atoms with Gasteiger partial charge in [-0.15, -0.1) is 0 Å². The minimum atomic E-state index is -0.0933. The molecule has 0 saturated carbocycles. The molecule has 2 heterocycles. The highest BCUT2D eigenvalue weighted by Crippen LogP contribution is 2.49. The van der Waals surface area contributed by atoms with Crippen molar-refractivity contribution in [3.8, 4) is 39.6 Å². The second kappa shape index (κ2) is 9.12. The van der Waals surface area contributed by atoms with E-state index in [1.807, 2.05) is 0 Å². The average molecular weight is 588 g/mol. The van der Waals surface area contributed by atoms with Crippen LogP contribution in [0.5, 0.6) is 0 Å². The molecule has 0 unspecified atom stereocenters. The SMILES string of the molecule is CC1(C)c2ccccc2-c2ccc(-c3cc(-c4ccccc4)nc(-n4c5cccc6c7ccccc7c7cccc4c7c65)n3)cc21. The Kier molecular flexibility index (Phi) is 5.06. The van der Waals surface area contributed by atoms with E-state index in [0.717, 1.165) is 33.5 Å². The molecule has 7 aromatic carbocycles. The fourth-order valence-electron chi connectivity index (χ4n) is 8.03. The van der Waals surface area contributed by atoms with Crippen LogP contribution in [0, 0.1) is 0 Å². The van der Waals surface area contributed by atoms with E-state index in [-0.39, 0.29) is 5.41 Å². The van der Waals surface area contributed by atoms with Crippen molar-refractivity contribution in [3.05, 3.63) is 151 Å². The molecule has 0 radical (unpaired) electrons. The van der Waals surface area contributed by atoms with E-state index in [1.54, 1.807) is 0 Å². The summed E-state index contributed by atoms with van der Waals surface area (Å²) in [5.41, 5.74) is 11.5. The van der Waals surface area contributed by atoms with Crippen molar-refractivity contribution in [1.29, 1.82) is 0 Å². The number of aromatic nitrogens is 3. The Hall–Kier alpha value is -5.80. The van der Waals surface area contributed by atoms with Gasteiger partial charge >= 0.3 is 0 Å². The molecule has 216 valence electrons. The molecule has 3 nitrogen and oxygen atoms in total. The highest BCUT2D eigenvalue weighted by Gasteiger charge is 2.35. The van der Waals surface area contributed by atoms with Crippen LogP contribution in [0.2, 0.25) is 0 Å². The van der Waals surface area contributed by atoms with E-state index in [2.05, 4.69) is 158 Å². The summed E-state index contributed by atoms with van der Waals surface area (Å²) >= 11 is 0. The quantitative estimate of drug-likeness (QED) is 0.193. The van der Waals surface area contributed by atoms with Crippen LogP contribution in [0.25, 0.3) is 82.9 Å². The van der Waals surface area contributed by atoms with Gasteiger partial charge in [-0.3, -0.25) is 4.57 Å². The molecule has 2 aromatic heterocycles. The van der Waals surface area contributed by atoms with E-state index < -0.39 is 0 Å².